The molecule has 0 amide bonds. The van der Waals surface area contributed by atoms with Crippen LogP contribution in [-0.4, -0.2) is 141 Å². The lowest BCUT2D eigenvalue weighted by Gasteiger charge is -2.47. The molecule has 0 aromatic heterocycles. The summed E-state index contributed by atoms with van der Waals surface area (Å²) in [7, 11) is 0. The molecular formula is C47H70O15. The summed E-state index contributed by atoms with van der Waals surface area (Å²) in [6.45, 7) is 11.7. The molecule has 0 aromatic rings. The van der Waals surface area contributed by atoms with Crippen LogP contribution in [0.5, 0.6) is 0 Å². The van der Waals surface area contributed by atoms with Crippen LogP contribution in [0.3, 0.4) is 0 Å². The highest BCUT2D eigenvalue weighted by atomic mass is 16.8. The van der Waals surface area contributed by atoms with Crippen LogP contribution >= 0.6 is 0 Å². The van der Waals surface area contributed by atoms with Crippen molar-refractivity contribution in [3.8, 4) is 0 Å². The van der Waals surface area contributed by atoms with Crippen LogP contribution in [0.1, 0.15) is 131 Å². The molecule has 62 heavy (non-hydrogen) atoms. The Morgan fingerprint density at radius 1 is 0.806 bits per heavy atom. The molecule has 15 heteroatoms. The normalized spacial score (nSPS) is 55.0. The van der Waals surface area contributed by atoms with Gasteiger partial charge in [0.1, 0.15) is 48.3 Å². The van der Waals surface area contributed by atoms with Crippen molar-refractivity contribution in [1.82, 2.24) is 0 Å². The van der Waals surface area contributed by atoms with Crippen molar-refractivity contribution >= 4 is 11.8 Å². The Balaban J connectivity index is 1.01. The van der Waals surface area contributed by atoms with Crippen LogP contribution in [0, 0.1) is 17.8 Å². The van der Waals surface area contributed by atoms with E-state index in [1.807, 2.05) is 26.0 Å². The van der Waals surface area contributed by atoms with Gasteiger partial charge < -0.3 is 63.1 Å². The first-order valence-corrected chi connectivity index (χ1v) is 23.5. The molecule has 0 aliphatic carbocycles. The Kier molecular flexibility index (Phi) is 12.0. The first-order valence-electron chi connectivity index (χ1n) is 23.5. The lowest BCUT2D eigenvalue weighted by molar-refractivity contribution is -0.365. The van der Waals surface area contributed by atoms with Crippen LogP contribution < -0.4 is 0 Å². The fourth-order valence-electron chi connectivity index (χ4n) is 12.5. The highest BCUT2D eigenvalue weighted by Gasteiger charge is 2.66. The number of fused-ring (bicyclic) bond motifs is 10. The third-order valence-electron chi connectivity index (χ3n) is 16.0. The van der Waals surface area contributed by atoms with Gasteiger partial charge in [0, 0.05) is 38.5 Å². The molecule has 348 valence electrons. The van der Waals surface area contributed by atoms with Gasteiger partial charge in [0.25, 0.3) is 0 Å². The minimum Gasteiger partial charge on any atom is -0.459 e. The van der Waals surface area contributed by atoms with Crippen LogP contribution in [-0.2, 0) is 52.2 Å². The SMILES string of the molecule is CC1=C\[C@H](C)C[C@@]2(C)CC[C@@H](O2)[C@@]23CC[C@@](CO)(C[C@@H](O2)[C@@H]2O[C@](C)(CC2=O)[C@@H](O)[C@@H]2CC[C@]4(CCC[C@H](O4)[C@@H](C)C(=O)O[C@@H]4C[C@@H]([C@@]5(O)OCC[C@@H](C)[C@H]5O)O[C@@H]4\C=C\1)O2)O3. The van der Waals surface area contributed by atoms with Crippen LogP contribution in [0.15, 0.2) is 23.8 Å². The minimum absolute atomic E-state index is 0.0379. The second-order valence-corrected chi connectivity index (χ2v) is 21.2. The zero-order chi connectivity index (χ0) is 44.0. The van der Waals surface area contributed by atoms with E-state index in [4.69, 9.17) is 42.6 Å². The maximum absolute atomic E-state index is 14.1. The fraction of sp³-hybridized carbons (Fsp3) is 0.872. The van der Waals surface area contributed by atoms with Crippen molar-refractivity contribution < 1.29 is 72.6 Å². The first-order chi connectivity index (χ1) is 29.3. The molecule has 4 N–H and O–H groups in total. The zero-order valence-electron chi connectivity index (χ0n) is 37.3. The van der Waals surface area contributed by atoms with E-state index in [2.05, 4.69) is 19.9 Å². The molecule has 0 unspecified atom stereocenters. The Morgan fingerprint density at radius 3 is 2.39 bits per heavy atom. The standard InChI is InChI=1S/C47H70O15/c1-26-9-10-32-34(21-37(55-32)47(53)39(50)28(3)13-19-54-47)56-41(52)29(4)31-8-7-14-45(57-31)16-11-33(58-45)40(51)43(6)23-30(49)38(61-43)35-24-44(25-48)17-18-46(59-35,62-44)36-12-15-42(5,60-36)22-27(2)20-26/h9-10,20,27-29,31-40,48,50-51,53H,7-8,11-19,21-25H2,1-6H3/b10-9+,26-20+/t27-,28+,29+,31-,32+,33-,34+,35+,36+,37-,38+,39+,40-,42+,43+,44-,45-,46-,47+/m0/s1. The molecule has 9 heterocycles. The maximum atomic E-state index is 14.1. The van der Waals surface area contributed by atoms with Crippen molar-refractivity contribution in [3.63, 3.8) is 0 Å². The molecule has 10 bridgehead atoms. The molecule has 2 spiro atoms. The van der Waals surface area contributed by atoms with E-state index in [9.17, 15) is 30.0 Å². The third-order valence-corrected chi connectivity index (χ3v) is 16.0. The van der Waals surface area contributed by atoms with Crippen LogP contribution in [0.2, 0.25) is 0 Å². The van der Waals surface area contributed by atoms with E-state index in [0.29, 0.717) is 57.8 Å². The summed E-state index contributed by atoms with van der Waals surface area (Å²) in [4.78, 5) is 28.0. The number of rotatable bonds is 2. The van der Waals surface area contributed by atoms with Gasteiger partial charge in [-0.3, -0.25) is 9.59 Å². The van der Waals surface area contributed by atoms with Crippen molar-refractivity contribution in [1.29, 1.82) is 0 Å². The highest BCUT2D eigenvalue weighted by molar-refractivity contribution is 5.86. The lowest BCUT2D eigenvalue weighted by atomic mass is 9.87. The number of ketones is 1. The maximum Gasteiger partial charge on any atom is 0.311 e. The number of allylic oxidation sites excluding steroid dienone is 3. The average molecular weight is 875 g/mol. The summed E-state index contributed by atoms with van der Waals surface area (Å²) >= 11 is 0. The van der Waals surface area contributed by atoms with Gasteiger partial charge in [-0.2, -0.15) is 0 Å². The number of hydrogen-bond acceptors (Lipinski definition) is 15. The second-order valence-electron chi connectivity index (χ2n) is 21.2. The van der Waals surface area contributed by atoms with E-state index < -0.39 is 107 Å². The third kappa shape index (κ3) is 8.09. The monoisotopic (exact) mass is 874 g/mol. The summed E-state index contributed by atoms with van der Waals surface area (Å²) in [5.74, 6) is -5.63. The summed E-state index contributed by atoms with van der Waals surface area (Å²) < 4.78 is 58.8. The number of Topliss-reactive ketones (excluding diaryl/α,β-unsaturated/α-hetero) is 1. The van der Waals surface area contributed by atoms with Gasteiger partial charge in [-0.1, -0.05) is 37.6 Å². The van der Waals surface area contributed by atoms with Gasteiger partial charge in [-0.15, -0.1) is 0 Å². The molecule has 15 nitrogen and oxygen atoms in total. The summed E-state index contributed by atoms with van der Waals surface area (Å²) in [5, 5.41) is 45.5. The Hall–Kier alpha value is -1.86. The number of aliphatic hydroxyl groups excluding tert-OH is 3. The van der Waals surface area contributed by atoms with Crippen molar-refractivity contribution in [2.45, 2.75) is 227 Å². The minimum atomic E-state index is -1.97. The molecule has 19 atom stereocenters. The van der Waals surface area contributed by atoms with Crippen LogP contribution in [0.4, 0.5) is 0 Å². The molecule has 8 saturated heterocycles. The molecular weight excluding hydrogens is 805 g/mol. The van der Waals surface area contributed by atoms with Crippen molar-refractivity contribution in [2.75, 3.05) is 13.2 Å². The van der Waals surface area contributed by atoms with Gasteiger partial charge in [0.05, 0.1) is 48.6 Å². The number of aliphatic hydroxyl groups is 4. The predicted molar refractivity (Wildman–Crippen MR) is 219 cm³/mol. The molecule has 9 aliphatic heterocycles. The quantitative estimate of drug-likeness (QED) is 0.288. The van der Waals surface area contributed by atoms with Gasteiger partial charge in [0.15, 0.2) is 17.4 Å². The molecule has 0 saturated carbocycles. The number of esters is 1. The van der Waals surface area contributed by atoms with E-state index in [0.717, 1.165) is 18.4 Å². The number of carbonyl (C=O) groups is 2. The summed E-state index contributed by atoms with van der Waals surface area (Å²) in [5.41, 5.74) is -1.73. The van der Waals surface area contributed by atoms with E-state index >= 15 is 0 Å². The fourth-order valence-corrected chi connectivity index (χ4v) is 12.5. The number of carbonyl (C=O) groups excluding carboxylic acids is 2. The zero-order valence-corrected chi connectivity index (χ0v) is 37.3. The number of hydrogen-bond donors (Lipinski definition) is 4. The summed E-state index contributed by atoms with van der Waals surface area (Å²) in [6.07, 6.45) is 4.76. The largest absolute Gasteiger partial charge is 0.459 e. The van der Waals surface area contributed by atoms with Crippen molar-refractivity contribution in [3.05, 3.63) is 23.8 Å². The number of ether oxygens (including phenoxy) is 9. The topological polar surface area (TPSA) is 198 Å². The van der Waals surface area contributed by atoms with Gasteiger partial charge in [0.2, 0.25) is 5.79 Å². The van der Waals surface area contributed by atoms with Gasteiger partial charge in [-0.25, -0.2) is 0 Å². The second kappa shape index (κ2) is 16.5. The molecule has 9 aliphatic rings. The van der Waals surface area contributed by atoms with Crippen LogP contribution in [0.25, 0.3) is 0 Å². The van der Waals surface area contributed by atoms with E-state index in [1.54, 1.807) is 13.8 Å². The molecule has 9 rings (SSSR count). The van der Waals surface area contributed by atoms with E-state index in [1.165, 1.54) is 0 Å². The van der Waals surface area contributed by atoms with Crippen molar-refractivity contribution in [2.24, 2.45) is 17.8 Å². The molecule has 0 aromatic carbocycles. The molecule has 8 fully saturated rings. The average Bonchev–Trinajstić information content (AvgIpc) is 4.06. The smallest absolute Gasteiger partial charge is 0.311 e. The van der Waals surface area contributed by atoms with Gasteiger partial charge >= 0.3 is 5.97 Å². The Bertz CT molecular complexity index is 1770. The highest BCUT2D eigenvalue weighted by Crippen LogP contribution is 2.55. The van der Waals surface area contributed by atoms with E-state index in [-0.39, 0.29) is 50.1 Å². The first kappa shape index (κ1) is 45.3. The predicted octanol–water partition coefficient (Wildman–Crippen LogP) is 4.23. The van der Waals surface area contributed by atoms with Gasteiger partial charge in [-0.05, 0) is 90.9 Å². The Morgan fingerprint density at radius 2 is 1.60 bits per heavy atom. The molecule has 0 radical (unpaired) electrons. The lowest BCUT2D eigenvalue weighted by Crippen LogP contribution is -2.59. The summed E-state index contributed by atoms with van der Waals surface area (Å²) in [6, 6.07) is 0. The Labute approximate surface area is 365 Å².